The lowest BCUT2D eigenvalue weighted by Gasteiger charge is -2.12. The third-order valence-corrected chi connectivity index (χ3v) is 3.44. The molecule has 21 heavy (non-hydrogen) atoms. The smallest absolute Gasteiger partial charge is 0.488 e. The van der Waals surface area contributed by atoms with Crippen LogP contribution in [-0.4, -0.2) is 30.4 Å². The zero-order valence-electron chi connectivity index (χ0n) is 11.2. The summed E-state index contributed by atoms with van der Waals surface area (Å²) in [4.78, 5) is 0. The van der Waals surface area contributed by atoms with Gasteiger partial charge in [-0.05, 0) is 23.7 Å². The zero-order valence-corrected chi connectivity index (χ0v) is 11.2. The van der Waals surface area contributed by atoms with E-state index < -0.39 is 12.9 Å². The van der Waals surface area contributed by atoms with E-state index in [1.807, 2.05) is 24.3 Å². The minimum atomic E-state index is -1.72. The molecule has 0 saturated heterocycles. The highest BCUT2D eigenvalue weighted by Gasteiger charge is 2.24. The first-order chi connectivity index (χ1) is 10.1. The van der Waals surface area contributed by atoms with E-state index in [0.717, 1.165) is 17.4 Å². The maximum absolute atomic E-state index is 13.4. The van der Waals surface area contributed by atoms with E-state index in [4.69, 9.17) is 19.5 Å². The Morgan fingerprint density at radius 3 is 2.86 bits per heavy atom. The van der Waals surface area contributed by atoms with E-state index in [1.165, 1.54) is 12.1 Å². The topological polar surface area (TPSA) is 58.9 Å². The highest BCUT2D eigenvalue weighted by Crippen LogP contribution is 2.33. The molecule has 0 fully saturated rings. The van der Waals surface area contributed by atoms with Crippen molar-refractivity contribution in [3.63, 3.8) is 0 Å². The second kappa shape index (κ2) is 5.75. The third-order valence-electron chi connectivity index (χ3n) is 3.44. The molecule has 108 valence electrons. The number of benzene rings is 2. The summed E-state index contributed by atoms with van der Waals surface area (Å²) in [5, 5.41) is 18.2. The minimum absolute atomic E-state index is 0.0630. The number of halogens is 1. The molecule has 2 aromatic rings. The molecule has 3 rings (SSSR count). The maximum Gasteiger partial charge on any atom is 0.488 e. The highest BCUT2D eigenvalue weighted by atomic mass is 19.1. The number of hydrogen-bond acceptors (Lipinski definition) is 4. The van der Waals surface area contributed by atoms with Crippen LogP contribution in [0.3, 0.4) is 0 Å². The number of ether oxygens (including phenoxy) is 2. The molecule has 0 spiro atoms. The van der Waals surface area contributed by atoms with Crippen molar-refractivity contribution >= 4 is 12.6 Å². The molecule has 1 heterocycles. The van der Waals surface area contributed by atoms with Gasteiger partial charge in [0.25, 0.3) is 0 Å². The van der Waals surface area contributed by atoms with Crippen LogP contribution < -0.4 is 14.9 Å². The SMILES string of the molecule is OB(O)c1cc(F)cc(OCC2COc3ccccc32)c1. The van der Waals surface area contributed by atoms with Crippen LogP contribution in [0.4, 0.5) is 4.39 Å². The molecule has 1 atom stereocenters. The Hall–Kier alpha value is -2.05. The molecule has 1 aliphatic heterocycles. The largest absolute Gasteiger partial charge is 0.493 e. The van der Waals surface area contributed by atoms with Crippen LogP contribution in [-0.2, 0) is 0 Å². The van der Waals surface area contributed by atoms with Crippen LogP contribution in [0.2, 0.25) is 0 Å². The van der Waals surface area contributed by atoms with Gasteiger partial charge in [-0.2, -0.15) is 0 Å². The van der Waals surface area contributed by atoms with Gasteiger partial charge in [-0.3, -0.25) is 0 Å². The van der Waals surface area contributed by atoms with E-state index >= 15 is 0 Å². The van der Waals surface area contributed by atoms with Crippen molar-refractivity contribution in [1.29, 1.82) is 0 Å². The van der Waals surface area contributed by atoms with Crippen molar-refractivity contribution in [3.8, 4) is 11.5 Å². The van der Waals surface area contributed by atoms with Gasteiger partial charge in [0.05, 0.1) is 19.1 Å². The first-order valence-corrected chi connectivity index (χ1v) is 6.64. The van der Waals surface area contributed by atoms with Crippen LogP contribution in [0.5, 0.6) is 11.5 Å². The Balaban J connectivity index is 1.71. The lowest BCUT2D eigenvalue weighted by atomic mass is 9.80. The summed E-state index contributed by atoms with van der Waals surface area (Å²) in [7, 11) is -1.72. The molecule has 6 heteroatoms. The Bertz CT molecular complexity index is 647. The number of para-hydroxylation sites is 1. The first kappa shape index (κ1) is 13.9. The molecule has 2 aromatic carbocycles. The zero-order chi connectivity index (χ0) is 14.8. The maximum atomic E-state index is 13.4. The summed E-state index contributed by atoms with van der Waals surface area (Å²) >= 11 is 0. The van der Waals surface area contributed by atoms with Crippen molar-refractivity contribution in [1.82, 2.24) is 0 Å². The predicted molar refractivity (Wildman–Crippen MR) is 76.4 cm³/mol. The van der Waals surface area contributed by atoms with E-state index in [-0.39, 0.29) is 17.1 Å². The van der Waals surface area contributed by atoms with E-state index in [1.54, 1.807) is 0 Å². The van der Waals surface area contributed by atoms with Gasteiger partial charge in [0.15, 0.2) is 0 Å². The van der Waals surface area contributed by atoms with Crippen LogP contribution in [0.15, 0.2) is 42.5 Å². The highest BCUT2D eigenvalue weighted by molar-refractivity contribution is 6.58. The monoisotopic (exact) mass is 288 g/mol. The molecule has 1 aliphatic rings. The van der Waals surface area contributed by atoms with Gasteiger partial charge in [-0.15, -0.1) is 0 Å². The fraction of sp³-hybridized carbons (Fsp3) is 0.200. The van der Waals surface area contributed by atoms with Gasteiger partial charge in [-0.25, -0.2) is 4.39 Å². The molecule has 4 nitrogen and oxygen atoms in total. The van der Waals surface area contributed by atoms with Crippen molar-refractivity contribution in [2.45, 2.75) is 5.92 Å². The molecular formula is C15H14BFO4. The van der Waals surface area contributed by atoms with Crippen molar-refractivity contribution in [2.24, 2.45) is 0 Å². The molecule has 0 saturated carbocycles. The lowest BCUT2D eigenvalue weighted by molar-refractivity contribution is 0.248. The van der Waals surface area contributed by atoms with Gasteiger partial charge in [0.2, 0.25) is 0 Å². The quantitative estimate of drug-likeness (QED) is 0.826. The first-order valence-electron chi connectivity index (χ1n) is 6.64. The van der Waals surface area contributed by atoms with Crippen LogP contribution in [0.25, 0.3) is 0 Å². The fourth-order valence-corrected chi connectivity index (χ4v) is 2.38. The van der Waals surface area contributed by atoms with Gasteiger partial charge in [0, 0.05) is 11.6 Å². The summed E-state index contributed by atoms with van der Waals surface area (Å²) in [6.07, 6.45) is 0. The molecule has 2 N–H and O–H groups in total. The number of hydrogen-bond donors (Lipinski definition) is 2. The second-order valence-electron chi connectivity index (χ2n) is 4.95. The number of rotatable bonds is 4. The van der Waals surface area contributed by atoms with Gasteiger partial charge in [0.1, 0.15) is 17.3 Å². The van der Waals surface area contributed by atoms with Crippen LogP contribution >= 0.6 is 0 Å². The molecular weight excluding hydrogens is 274 g/mol. The second-order valence-corrected chi connectivity index (χ2v) is 4.95. The fourth-order valence-electron chi connectivity index (χ4n) is 2.38. The Labute approximate surface area is 121 Å². The average Bonchev–Trinajstić information content (AvgIpc) is 2.88. The Kier molecular flexibility index (Phi) is 3.81. The van der Waals surface area contributed by atoms with Crippen LogP contribution in [0.1, 0.15) is 11.5 Å². The van der Waals surface area contributed by atoms with E-state index in [0.29, 0.717) is 13.2 Å². The molecule has 0 aromatic heterocycles. The third kappa shape index (κ3) is 3.01. The summed E-state index contributed by atoms with van der Waals surface area (Å²) in [6.45, 7) is 0.853. The predicted octanol–water partition coefficient (Wildman–Crippen LogP) is 1.06. The Morgan fingerprint density at radius 2 is 2.05 bits per heavy atom. The lowest BCUT2D eigenvalue weighted by Crippen LogP contribution is -2.30. The average molecular weight is 288 g/mol. The summed E-state index contributed by atoms with van der Waals surface area (Å²) in [6, 6.07) is 11.4. The summed E-state index contributed by atoms with van der Waals surface area (Å²) in [5.41, 5.74) is 1.13. The minimum Gasteiger partial charge on any atom is -0.493 e. The van der Waals surface area contributed by atoms with Gasteiger partial charge >= 0.3 is 7.12 Å². The Morgan fingerprint density at radius 1 is 1.24 bits per heavy atom. The normalized spacial score (nSPS) is 16.2. The molecule has 1 unspecified atom stereocenters. The summed E-state index contributed by atoms with van der Waals surface area (Å²) in [5.74, 6) is 0.616. The standard InChI is InChI=1S/C15H14BFO4/c17-12-5-11(16(18)19)6-13(7-12)20-8-10-9-21-15-4-2-1-3-14(10)15/h1-7,10,18-19H,8-9H2. The van der Waals surface area contributed by atoms with E-state index in [2.05, 4.69) is 0 Å². The van der Waals surface area contributed by atoms with Crippen molar-refractivity contribution < 1.29 is 23.9 Å². The molecule has 0 aliphatic carbocycles. The summed E-state index contributed by atoms with van der Waals surface area (Å²) < 4.78 is 24.5. The molecule has 0 radical (unpaired) electrons. The molecule has 0 bridgehead atoms. The van der Waals surface area contributed by atoms with E-state index in [9.17, 15) is 4.39 Å². The van der Waals surface area contributed by atoms with Gasteiger partial charge in [-0.1, -0.05) is 18.2 Å². The van der Waals surface area contributed by atoms with Crippen LogP contribution in [0, 0.1) is 5.82 Å². The van der Waals surface area contributed by atoms with Crippen molar-refractivity contribution in [2.75, 3.05) is 13.2 Å². The van der Waals surface area contributed by atoms with Crippen molar-refractivity contribution in [3.05, 3.63) is 53.8 Å². The number of fused-ring (bicyclic) bond motifs is 1. The molecule has 0 amide bonds. The van der Waals surface area contributed by atoms with Gasteiger partial charge < -0.3 is 19.5 Å².